The zero-order chi connectivity index (χ0) is 32.8. The molecule has 0 aromatic heterocycles. The number of nitrogens with one attached hydrogen (secondary N) is 1. The third-order valence-corrected chi connectivity index (χ3v) is 9.44. The van der Waals surface area contributed by atoms with Crippen LogP contribution in [-0.4, -0.2) is 44.9 Å². The van der Waals surface area contributed by atoms with Crippen LogP contribution < -0.4 is 20.0 Å². The zero-order valence-electron chi connectivity index (χ0n) is 25.4. The number of para-hydroxylation sites is 2. The van der Waals surface area contributed by atoms with Crippen LogP contribution >= 0.6 is 46.9 Å². The average Bonchev–Trinajstić information content (AvgIpc) is 3.27. The molecule has 0 aliphatic carbocycles. The molecule has 2 heterocycles. The smallest absolute Gasteiger partial charge is 0.270 e. The van der Waals surface area contributed by atoms with Gasteiger partial charge in [0.2, 0.25) is 17.9 Å². The van der Waals surface area contributed by atoms with Gasteiger partial charge in [0.25, 0.3) is 11.8 Å². The first kappa shape index (κ1) is 33.6. The Hall–Kier alpha value is -3.78. The van der Waals surface area contributed by atoms with E-state index in [9.17, 15) is 14.4 Å². The molecule has 0 spiro atoms. The van der Waals surface area contributed by atoms with Crippen LogP contribution in [0.1, 0.15) is 25.8 Å². The molecule has 0 atom stereocenters. The topological polar surface area (TPSA) is 95.9 Å². The van der Waals surface area contributed by atoms with E-state index in [1.54, 1.807) is 36.4 Å². The second kappa shape index (κ2) is 14.8. The van der Waals surface area contributed by atoms with Gasteiger partial charge in [-0.05, 0) is 78.8 Å². The molecule has 2 aliphatic heterocycles. The number of amides is 3. The molecule has 3 N–H and O–H groups in total. The SMILES string of the molecule is CC1(C)/C(=C\C=C\C=C2C(=O)N(c3ccccc3)C(=S)N(c3ccccc3)C2=O)N(CCCNC(=O)CI)c2ccc(S[OH2+])cc21. The first-order valence-corrected chi connectivity index (χ1v) is 17.4. The van der Waals surface area contributed by atoms with Crippen molar-refractivity contribution < 1.29 is 18.9 Å². The summed E-state index contributed by atoms with van der Waals surface area (Å²) in [5, 5.41) is 3.04. The average molecular weight is 766 g/mol. The summed E-state index contributed by atoms with van der Waals surface area (Å²) in [4.78, 5) is 45.2. The van der Waals surface area contributed by atoms with Gasteiger partial charge < -0.3 is 14.8 Å². The van der Waals surface area contributed by atoms with Gasteiger partial charge in [-0.25, -0.2) is 0 Å². The van der Waals surface area contributed by atoms with Crippen LogP contribution in [0.5, 0.6) is 0 Å². The monoisotopic (exact) mass is 765 g/mol. The zero-order valence-corrected chi connectivity index (χ0v) is 29.2. The lowest BCUT2D eigenvalue weighted by Crippen LogP contribution is -2.57. The van der Waals surface area contributed by atoms with Crippen molar-refractivity contribution in [2.24, 2.45) is 0 Å². The summed E-state index contributed by atoms with van der Waals surface area (Å²) in [6.07, 6.45) is 7.84. The van der Waals surface area contributed by atoms with Crippen molar-refractivity contribution >= 4 is 86.7 Å². The van der Waals surface area contributed by atoms with Crippen LogP contribution in [0.15, 0.2) is 119 Å². The highest BCUT2D eigenvalue weighted by Gasteiger charge is 2.41. The number of carbonyl (C=O) groups is 3. The predicted octanol–water partition coefficient (Wildman–Crippen LogP) is 6.19. The van der Waals surface area contributed by atoms with Crippen LogP contribution in [0.25, 0.3) is 0 Å². The highest BCUT2D eigenvalue weighted by molar-refractivity contribution is 14.1. The first-order chi connectivity index (χ1) is 22.2. The van der Waals surface area contributed by atoms with E-state index in [0.29, 0.717) is 28.9 Å². The van der Waals surface area contributed by atoms with E-state index in [4.69, 9.17) is 16.8 Å². The number of thiocarbonyl (C=S) groups is 1. The van der Waals surface area contributed by atoms with E-state index in [2.05, 4.69) is 30.1 Å². The fourth-order valence-electron chi connectivity index (χ4n) is 5.63. The summed E-state index contributed by atoms with van der Waals surface area (Å²) in [5.41, 5.74) is 3.97. The van der Waals surface area contributed by atoms with Gasteiger partial charge in [0, 0.05) is 29.9 Å². The summed E-state index contributed by atoms with van der Waals surface area (Å²) < 4.78 is 8.22. The number of halogens is 1. The molecule has 0 bridgehead atoms. The fourth-order valence-corrected chi connectivity index (χ4v) is 6.59. The van der Waals surface area contributed by atoms with E-state index in [1.165, 1.54) is 9.80 Å². The number of alkyl halides is 1. The van der Waals surface area contributed by atoms with Crippen molar-refractivity contribution in [3.8, 4) is 0 Å². The van der Waals surface area contributed by atoms with E-state index < -0.39 is 11.8 Å². The molecule has 3 aromatic rings. The Morgan fingerprint density at radius 2 is 1.52 bits per heavy atom. The van der Waals surface area contributed by atoms with Gasteiger partial charge in [0.1, 0.15) is 5.57 Å². The summed E-state index contributed by atoms with van der Waals surface area (Å²) in [5.74, 6) is -0.972. The number of hydrogen-bond acceptors (Lipinski definition) is 6. The lowest BCUT2D eigenvalue weighted by Gasteiger charge is -2.36. The minimum Gasteiger partial charge on any atom is -0.367 e. The van der Waals surface area contributed by atoms with E-state index >= 15 is 0 Å². The summed E-state index contributed by atoms with van der Waals surface area (Å²) in [7, 11) is 0. The van der Waals surface area contributed by atoms with Gasteiger partial charge in [0.05, 0.1) is 20.7 Å². The minimum atomic E-state index is -0.491. The van der Waals surface area contributed by atoms with Crippen molar-refractivity contribution in [1.29, 1.82) is 0 Å². The van der Waals surface area contributed by atoms with Gasteiger partial charge in [-0.1, -0.05) is 85.0 Å². The quantitative estimate of drug-likeness (QED) is 0.0387. The normalized spacial score (nSPS) is 16.9. The molecular formula is C35H34IN4O4S2+. The Morgan fingerprint density at radius 1 is 0.935 bits per heavy atom. The molecule has 5 rings (SSSR count). The highest BCUT2D eigenvalue weighted by atomic mass is 127. The molecule has 1 fully saturated rings. The number of carbonyl (C=O) groups excluding carboxylic acids is 3. The van der Waals surface area contributed by atoms with E-state index in [1.807, 2.05) is 83.3 Å². The molecule has 3 aromatic carbocycles. The highest BCUT2D eigenvalue weighted by Crippen LogP contribution is 2.48. The second-order valence-electron chi connectivity index (χ2n) is 11.1. The molecule has 3 amide bonds. The third kappa shape index (κ3) is 6.82. The van der Waals surface area contributed by atoms with Crippen LogP contribution in [0.2, 0.25) is 0 Å². The van der Waals surface area contributed by atoms with Crippen molar-refractivity contribution in [3.05, 3.63) is 120 Å². The van der Waals surface area contributed by atoms with Crippen molar-refractivity contribution in [3.63, 3.8) is 0 Å². The van der Waals surface area contributed by atoms with E-state index in [0.717, 1.165) is 40.3 Å². The Balaban J connectivity index is 1.48. The third-order valence-electron chi connectivity index (χ3n) is 7.89. The fraction of sp³-hybridized carbons (Fsp3) is 0.200. The predicted molar refractivity (Wildman–Crippen MR) is 199 cm³/mol. The van der Waals surface area contributed by atoms with Crippen molar-refractivity contribution in [2.75, 3.05) is 32.2 Å². The van der Waals surface area contributed by atoms with Gasteiger partial charge >= 0.3 is 0 Å². The van der Waals surface area contributed by atoms with Crippen LogP contribution in [0, 0.1) is 0 Å². The summed E-state index contributed by atoms with van der Waals surface area (Å²) >= 11 is 8.71. The van der Waals surface area contributed by atoms with E-state index in [-0.39, 0.29) is 22.0 Å². The largest absolute Gasteiger partial charge is 0.367 e. The summed E-state index contributed by atoms with van der Waals surface area (Å²) in [6.45, 7) is 5.53. The number of rotatable bonds is 10. The lowest BCUT2D eigenvalue weighted by atomic mass is 9.83. The van der Waals surface area contributed by atoms with Crippen LogP contribution in [0.3, 0.4) is 0 Å². The Bertz CT molecular complexity index is 1680. The number of benzene rings is 3. The molecule has 0 unspecified atom stereocenters. The van der Waals surface area contributed by atoms with Gasteiger partial charge in [-0.15, -0.1) is 0 Å². The van der Waals surface area contributed by atoms with Crippen molar-refractivity contribution in [1.82, 2.24) is 5.32 Å². The van der Waals surface area contributed by atoms with Crippen molar-refractivity contribution in [2.45, 2.75) is 30.6 Å². The molecule has 1 saturated heterocycles. The minimum absolute atomic E-state index is 0.00935. The number of anilines is 3. The molecule has 0 saturated carbocycles. The lowest BCUT2D eigenvalue weighted by molar-refractivity contribution is -0.121. The Kier molecular flexibility index (Phi) is 10.8. The van der Waals surface area contributed by atoms with Gasteiger partial charge in [-0.2, -0.15) is 0 Å². The maximum absolute atomic E-state index is 13.8. The molecule has 8 nitrogen and oxygen atoms in total. The van der Waals surface area contributed by atoms with Gasteiger partial charge in [0.15, 0.2) is 5.11 Å². The summed E-state index contributed by atoms with van der Waals surface area (Å²) in [6, 6.07) is 24.2. The second-order valence-corrected chi connectivity index (χ2v) is 13.0. The van der Waals surface area contributed by atoms with Crippen LogP contribution in [-0.2, 0) is 19.8 Å². The van der Waals surface area contributed by atoms with Crippen LogP contribution in [0.4, 0.5) is 17.1 Å². The Morgan fingerprint density at radius 3 is 2.09 bits per heavy atom. The number of nitrogens with zero attached hydrogens (tertiary/aromatic N) is 3. The number of hydrogen-bond donors (Lipinski definition) is 1. The molecule has 236 valence electrons. The molecule has 46 heavy (non-hydrogen) atoms. The molecule has 0 radical (unpaired) electrons. The number of fused-ring (bicyclic) bond motifs is 1. The Labute approximate surface area is 292 Å². The maximum atomic E-state index is 13.8. The maximum Gasteiger partial charge on any atom is 0.270 e. The molecular weight excluding hydrogens is 731 g/mol. The first-order valence-electron chi connectivity index (χ1n) is 14.7. The van der Waals surface area contributed by atoms with Gasteiger partial charge in [-0.3, -0.25) is 24.2 Å². The number of allylic oxidation sites excluding steroid dienone is 5. The standard InChI is InChI=1S/C35H33IN4O4S2/c1-35(2)28-22-26(46-44)18-19-29(28)38(21-11-20-37-31(41)23-36)30(35)17-10-9-16-27-32(42)39(24-12-5-3-6-13-24)34(45)40(33(27)43)25-14-7-4-8-15-25/h3-10,12-19,22,44H,11,20-21,23H2,1-2H3,(H,37,41)/p+1/b10-9+,30-17+. The molecule has 11 heteroatoms. The molecule has 2 aliphatic rings.